The zero-order chi connectivity index (χ0) is 13.0. The van der Waals surface area contributed by atoms with Crippen molar-refractivity contribution < 1.29 is 9.50 Å². The van der Waals surface area contributed by atoms with E-state index in [1.807, 2.05) is 30.3 Å². The third-order valence-corrected chi connectivity index (χ3v) is 3.55. The molecule has 1 N–H and O–H groups in total. The van der Waals surface area contributed by atoms with E-state index in [2.05, 4.69) is 15.9 Å². The molecule has 94 valence electrons. The molecule has 0 aliphatic carbocycles. The molecule has 0 spiro atoms. The minimum absolute atomic E-state index is 0.263. The van der Waals surface area contributed by atoms with Crippen LogP contribution in [0.5, 0.6) is 0 Å². The molecule has 0 amide bonds. The molecule has 1 atom stereocenters. The van der Waals surface area contributed by atoms with E-state index in [9.17, 15) is 9.50 Å². The smallest absolute Gasteiger partial charge is 0.123 e. The van der Waals surface area contributed by atoms with E-state index in [1.54, 1.807) is 6.07 Å². The van der Waals surface area contributed by atoms with Gasteiger partial charge < -0.3 is 5.11 Å². The molecule has 1 nitrogen and oxygen atoms in total. The normalized spacial score (nSPS) is 12.4. The first-order chi connectivity index (χ1) is 8.65. The predicted octanol–water partition coefficient (Wildman–Crippen LogP) is 3.73. The highest BCUT2D eigenvalue weighted by atomic mass is 79.9. The summed E-state index contributed by atoms with van der Waals surface area (Å²) in [6.07, 6.45) is 0.502. The molecular weight excluding hydrogens is 295 g/mol. The van der Waals surface area contributed by atoms with Crippen molar-refractivity contribution in [2.45, 2.75) is 18.9 Å². The Morgan fingerprint density at radius 1 is 1.06 bits per heavy atom. The summed E-state index contributed by atoms with van der Waals surface area (Å²) in [6, 6.07) is 14.2. The lowest BCUT2D eigenvalue weighted by Gasteiger charge is -2.12. The maximum Gasteiger partial charge on any atom is 0.123 e. The first kappa shape index (κ1) is 13.2. The fourth-order valence-corrected chi connectivity index (χ4v) is 2.37. The Kier molecular flexibility index (Phi) is 4.50. The summed E-state index contributed by atoms with van der Waals surface area (Å²) in [6.45, 7) is 0. The lowest BCUT2D eigenvalue weighted by Crippen LogP contribution is -2.14. The van der Waals surface area contributed by atoms with Gasteiger partial charge in [0, 0.05) is 4.47 Å². The van der Waals surface area contributed by atoms with Crippen molar-refractivity contribution in [3.8, 4) is 0 Å². The molecule has 0 bridgehead atoms. The molecule has 1 unspecified atom stereocenters. The monoisotopic (exact) mass is 308 g/mol. The summed E-state index contributed by atoms with van der Waals surface area (Å²) in [5, 5.41) is 10.0. The average molecular weight is 309 g/mol. The number of aliphatic hydroxyl groups is 1. The van der Waals surface area contributed by atoms with Gasteiger partial charge in [0.05, 0.1) is 6.10 Å². The molecule has 18 heavy (non-hydrogen) atoms. The summed E-state index contributed by atoms with van der Waals surface area (Å²) >= 11 is 3.45. The van der Waals surface area contributed by atoms with Crippen LogP contribution >= 0.6 is 15.9 Å². The molecule has 0 saturated carbocycles. The van der Waals surface area contributed by atoms with Crippen LogP contribution in [-0.2, 0) is 12.8 Å². The van der Waals surface area contributed by atoms with Gasteiger partial charge >= 0.3 is 0 Å². The second-order valence-corrected chi connectivity index (χ2v) is 5.14. The van der Waals surface area contributed by atoms with Crippen molar-refractivity contribution in [1.82, 2.24) is 0 Å². The van der Waals surface area contributed by atoms with Crippen molar-refractivity contribution in [2.75, 3.05) is 0 Å². The van der Waals surface area contributed by atoms with E-state index in [0.717, 1.165) is 15.6 Å². The number of halogens is 2. The van der Waals surface area contributed by atoms with Gasteiger partial charge in [-0.25, -0.2) is 4.39 Å². The molecule has 0 aromatic heterocycles. The van der Waals surface area contributed by atoms with Gasteiger partial charge in [-0.05, 0) is 42.2 Å². The third kappa shape index (κ3) is 3.65. The number of hydrogen-bond donors (Lipinski definition) is 1. The van der Waals surface area contributed by atoms with E-state index in [-0.39, 0.29) is 5.82 Å². The van der Waals surface area contributed by atoms with Crippen molar-refractivity contribution in [3.05, 3.63) is 69.9 Å². The van der Waals surface area contributed by atoms with E-state index < -0.39 is 6.10 Å². The molecule has 0 fully saturated rings. The quantitative estimate of drug-likeness (QED) is 0.912. The molecule has 2 aromatic carbocycles. The SMILES string of the molecule is OC(Cc1cccc(F)c1)Cc1ccccc1Br. The Balaban J connectivity index is 2.01. The van der Waals surface area contributed by atoms with Crippen LogP contribution in [0.3, 0.4) is 0 Å². The number of rotatable bonds is 4. The van der Waals surface area contributed by atoms with Crippen LogP contribution in [0.1, 0.15) is 11.1 Å². The zero-order valence-corrected chi connectivity index (χ0v) is 11.4. The Morgan fingerprint density at radius 3 is 2.56 bits per heavy atom. The van der Waals surface area contributed by atoms with Gasteiger partial charge in [-0.2, -0.15) is 0 Å². The van der Waals surface area contributed by atoms with Crippen molar-refractivity contribution in [2.24, 2.45) is 0 Å². The maximum atomic E-state index is 13.0. The fraction of sp³-hybridized carbons (Fsp3) is 0.200. The molecule has 0 aliphatic heterocycles. The van der Waals surface area contributed by atoms with Crippen molar-refractivity contribution in [1.29, 1.82) is 0 Å². The van der Waals surface area contributed by atoms with E-state index in [4.69, 9.17) is 0 Å². The second kappa shape index (κ2) is 6.12. The molecule has 0 saturated heterocycles. The Morgan fingerprint density at radius 2 is 1.83 bits per heavy atom. The summed E-state index contributed by atoms with van der Waals surface area (Å²) < 4.78 is 14.0. The van der Waals surface area contributed by atoms with Gasteiger partial charge in [0.25, 0.3) is 0 Å². The number of aliphatic hydroxyl groups excluding tert-OH is 1. The minimum Gasteiger partial charge on any atom is -0.392 e. The first-order valence-corrected chi connectivity index (χ1v) is 6.60. The maximum absolute atomic E-state index is 13.0. The van der Waals surface area contributed by atoms with Crippen LogP contribution in [0.2, 0.25) is 0 Å². The van der Waals surface area contributed by atoms with Crippen LogP contribution in [0, 0.1) is 5.82 Å². The number of hydrogen-bond acceptors (Lipinski definition) is 1. The van der Waals surface area contributed by atoms with Gasteiger partial charge in [0.2, 0.25) is 0 Å². The highest BCUT2D eigenvalue weighted by Gasteiger charge is 2.09. The highest BCUT2D eigenvalue weighted by molar-refractivity contribution is 9.10. The number of benzene rings is 2. The lowest BCUT2D eigenvalue weighted by atomic mass is 10.0. The molecule has 2 rings (SSSR count). The Bertz CT molecular complexity index is 527. The largest absolute Gasteiger partial charge is 0.392 e. The van der Waals surface area contributed by atoms with Crippen LogP contribution in [0.15, 0.2) is 53.0 Å². The van der Waals surface area contributed by atoms with Gasteiger partial charge in [-0.3, -0.25) is 0 Å². The van der Waals surface area contributed by atoms with Crippen LogP contribution in [0.4, 0.5) is 4.39 Å². The molecule has 2 aromatic rings. The molecular formula is C15H14BrFO. The molecule has 0 aliphatic rings. The summed E-state index contributed by atoms with van der Waals surface area (Å²) in [7, 11) is 0. The highest BCUT2D eigenvalue weighted by Crippen LogP contribution is 2.18. The van der Waals surface area contributed by atoms with E-state index in [0.29, 0.717) is 12.8 Å². The predicted molar refractivity (Wildman–Crippen MR) is 74.0 cm³/mol. The van der Waals surface area contributed by atoms with Crippen molar-refractivity contribution in [3.63, 3.8) is 0 Å². The second-order valence-electron chi connectivity index (χ2n) is 4.28. The average Bonchev–Trinajstić information content (AvgIpc) is 2.32. The molecule has 0 radical (unpaired) electrons. The van der Waals surface area contributed by atoms with Crippen LogP contribution < -0.4 is 0 Å². The summed E-state index contributed by atoms with van der Waals surface area (Å²) in [4.78, 5) is 0. The van der Waals surface area contributed by atoms with Crippen LogP contribution in [-0.4, -0.2) is 11.2 Å². The topological polar surface area (TPSA) is 20.2 Å². The van der Waals surface area contributed by atoms with Gasteiger partial charge in [-0.15, -0.1) is 0 Å². The van der Waals surface area contributed by atoms with Crippen LogP contribution in [0.25, 0.3) is 0 Å². The molecule has 3 heteroatoms. The summed E-state index contributed by atoms with van der Waals surface area (Å²) in [5.74, 6) is -0.263. The summed E-state index contributed by atoms with van der Waals surface area (Å²) in [5.41, 5.74) is 1.87. The Hall–Kier alpha value is -1.19. The van der Waals surface area contributed by atoms with Gasteiger partial charge in [0.1, 0.15) is 5.82 Å². The zero-order valence-electron chi connectivity index (χ0n) is 9.81. The van der Waals surface area contributed by atoms with Crippen molar-refractivity contribution >= 4 is 15.9 Å². The fourth-order valence-electron chi connectivity index (χ4n) is 1.93. The first-order valence-electron chi connectivity index (χ1n) is 5.81. The third-order valence-electron chi connectivity index (χ3n) is 2.77. The minimum atomic E-state index is -0.509. The molecule has 0 heterocycles. The lowest BCUT2D eigenvalue weighted by molar-refractivity contribution is 0.175. The standard InChI is InChI=1S/C15H14BrFO/c16-15-7-2-1-5-12(15)10-14(18)9-11-4-3-6-13(17)8-11/h1-8,14,18H,9-10H2. The van der Waals surface area contributed by atoms with E-state index in [1.165, 1.54) is 12.1 Å². The van der Waals surface area contributed by atoms with Gasteiger partial charge in [0.15, 0.2) is 0 Å². The van der Waals surface area contributed by atoms with E-state index >= 15 is 0 Å². The Labute approximate surface area is 114 Å². The van der Waals surface area contributed by atoms with Gasteiger partial charge in [-0.1, -0.05) is 46.3 Å².